The highest BCUT2D eigenvalue weighted by molar-refractivity contribution is 9.10. The summed E-state index contributed by atoms with van der Waals surface area (Å²) >= 11 is 9.57. The summed E-state index contributed by atoms with van der Waals surface area (Å²) in [6.07, 6.45) is 0.702. The molecular weight excluding hydrogens is 312 g/mol. The predicted octanol–water partition coefficient (Wildman–Crippen LogP) is 4.61. The van der Waals surface area contributed by atoms with Gasteiger partial charge in [-0.3, -0.25) is 0 Å². The minimum Gasteiger partial charge on any atom is -0.236 e. The Kier molecular flexibility index (Phi) is 4.36. The third-order valence-electron chi connectivity index (χ3n) is 2.63. The van der Waals surface area contributed by atoms with Gasteiger partial charge in [-0.1, -0.05) is 55.8 Å². The van der Waals surface area contributed by atoms with E-state index in [0.29, 0.717) is 17.5 Å². The molecule has 0 saturated carbocycles. The lowest BCUT2D eigenvalue weighted by molar-refractivity contribution is 0.784. The van der Waals surface area contributed by atoms with E-state index in [0.717, 1.165) is 16.0 Å². The van der Waals surface area contributed by atoms with Crippen LogP contribution in [0.2, 0.25) is 5.15 Å². The molecule has 1 heterocycles. The largest absolute Gasteiger partial charge is 0.236 e. The second-order valence-electron chi connectivity index (χ2n) is 4.45. The molecule has 0 radical (unpaired) electrons. The molecule has 2 rings (SSSR count). The average Bonchev–Trinajstić information content (AvgIpc) is 2.34. The summed E-state index contributed by atoms with van der Waals surface area (Å²) in [4.78, 5) is 8.90. The minimum absolute atomic E-state index is 0.314. The molecule has 0 aliphatic heterocycles. The molecule has 0 unspecified atom stereocenters. The van der Waals surface area contributed by atoms with Crippen LogP contribution in [0.4, 0.5) is 0 Å². The Morgan fingerprint density at radius 2 is 1.83 bits per heavy atom. The molecule has 94 valence electrons. The maximum absolute atomic E-state index is 6.13. The van der Waals surface area contributed by atoms with Crippen molar-refractivity contribution in [2.75, 3.05) is 0 Å². The molecule has 2 nitrogen and oxygen atoms in total. The molecule has 0 fully saturated rings. The third kappa shape index (κ3) is 3.09. The van der Waals surface area contributed by atoms with E-state index in [1.165, 1.54) is 5.56 Å². The van der Waals surface area contributed by atoms with Gasteiger partial charge in [-0.15, -0.1) is 0 Å². The van der Waals surface area contributed by atoms with Crippen LogP contribution in [0.5, 0.6) is 0 Å². The Morgan fingerprint density at radius 3 is 2.44 bits per heavy atom. The lowest BCUT2D eigenvalue weighted by atomic mass is 10.1. The van der Waals surface area contributed by atoms with E-state index in [2.05, 4.69) is 51.9 Å². The third-order valence-corrected chi connectivity index (χ3v) is 3.92. The van der Waals surface area contributed by atoms with Gasteiger partial charge in [-0.2, -0.15) is 0 Å². The number of benzene rings is 1. The van der Waals surface area contributed by atoms with Crippen LogP contribution < -0.4 is 0 Å². The molecule has 0 saturated heterocycles. The highest BCUT2D eigenvalue weighted by atomic mass is 79.9. The summed E-state index contributed by atoms with van der Waals surface area (Å²) in [6, 6.07) is 10.2. The lowest BCUT2D eigenvalue weighted by Crippen LogP contribution is -2.04. The fraction of sp³-hybridized carbons (Fsp3) is 0.286. The van der Waals surface area contributed by atoms with Gasteiger partial charge in [0.1, 0.15) is 11.0 Å². The Labute approximate surface area is 121 Å². The van der Waals surface area contributed by atoms with Gasteiger partial charge >= 0.3 is 0 Å². The molecule has 0 atom stereocenters. The van der Waals surface area contributed by atoms with Crippen LogP contribution in [0.3, 0.4) is 0 Å². The van der Waals surface area contributed by atoms with Crippen molar-refractivity contribution in [1.29, 1.82) is 0 Å². The molecule has 18 heavy (non-hydrogen) atoms. The smallest absolute Gasteiger partial charge is 0.147 e. The molecule has 0 N–H and O–H groups in total. The van der Waals surface area contributed by atoms with Crippen LogP contribution in [0.1, 0.15) is 36.8 Å². The van der Waals surface area contributed by atoms with Crippen molar-refractivity contribution in [3.63, 3.8) is 0 Å². The number of rotatable bonds is 3. The molecule has 4 heteroatoms. The second-order valence-corrected chi connectivity index (χ2v) is 5.60. The first kappa shape index (κ1) is 13.5. The molecular formula is C14H14BrClN2. The van der Waals surface area contributed by atoms with Gasteiger partial charge in [0, 0.05) is 6.42 Å². The lowest BCUT2D eigenvalue weighted by Gasteiger charge is -2.10. The maximum Gasteiger partial charge on any atom is 0.147 e. The number of nitrogens with zero attached hydrogens (tertiary/aromatic N) is 2. The van der Waals surface area contributed by atoms with Gasteiger partial charge in [-0.05, 0) is 27.4 Å². The summed E-state index contributed by atoms with van der Waals surface area (Å²) in [5.74, 6) is 1.08. The Balaban J connectivity index is 2.35. The number of hydrogen-bond acceptors (Lipinski definition) is 2. The summed E-state index contributed by atoms with van der Waals surface area (Å²) in [5, 5.41) is 0.486. The molecule has 0 aliphatic carbocycles. The van der Waals surface area contributed by atoms with Gasteiger partial charge in [0.15, 0.2) is 0 Å². The number of hydrogen-bond donors (Lipinski definition) is 0. The van der Waals surface area contributed by atoms with Crippen molar-refractivity contribution in [2.24, 2.45) is 0 Å². The van der Waals surface area contributed by atoms with Crippen LogP contribution in [0.25, 0.3) is 0 Å². The van der Waals surface area contributed by atoms with Crippen LogP contribution in [0.15, 0.2) is 34.8 Å². The van der Waals surface area contributed by atoms with E-state index in [1.807, 2.05) is 18.2 Å². The summed E-state index contributed by atoms with van der Waals surface area (Å²) < 4.78 is 0.802. The fourth-order valence-corrected chi connectivity index (χ4v) is 2.55. The van der Waals surface area contributed by atoms with Gasteiger partial charge in [0.05, 0.1) is 10.2 Å². The fourth-order valence-electron chi connectivity index (χ4n) is 1.72. The average molecular weight is 326 g/mol. The van der Waals surface area contributed by atoms with Crippen LogP contribution in [-0.2, 0) is 6.42 Å². The first-order valence-corrected chi connectivity index (χ1v) is 7.00. The van der Waals surface area contributed by atoms with Crippen molar-refractivity contribution in [3.8, 4) is 0 Å². The van der Waals surface area contributed by atoms with Gasteiger partial charge in [-0.25, -0.2) is 9.97 Å². The molecule has 0 aliphatic rings. The van der Waals surface area contributed by atoms with Gasteiger partial charge in [0.25, 0.3) is 0 Å². The Bertz CT molecular complexity index is 541. The van der Waals surface area contributed by atoms with Gasteiger partial charge in [0.2, 0.25) is 0 Å². The molecule has 0 bridgehead atoms. The molecule has 0 spiro atoms. The highest BCUT2D eigenvalue weighted by Crippen LogP contribution is 2.28. The normalized spacial score (nSPS) is 10.9. The zero-order valence-corrected chi connectivity index (χ0v) is 12.7. The Hall–Kier alpha value is -0.930. The van der Waals surface area contributed by atoms with Gasteiger partial charge < -0.3 is 0 Å². The summed E-state index contributed by atoms with van der Waals surface area (Å²) in [7, 11) is 0. The predicted molar refractivity (Wildman–Crippen MR) is 78.1 cm³/mol. The minimum atomic E-state index is 0.314. The van der Waals surface area contributed by atoms with Crippen molar-refractivity contribution in [2.45, 2.75) is 26.2 Å². The quantitative estimate of drug-likeness (QED) is 0.770. The van der Waals surface area contributed by atoms with E-state index >= 15 is 0 Å². The SMILES string of the molecule is CC(C)c1nc(Cc2ccccc2)nc(Cl)c1Br. The van der Waals surface area contributed by atoms with E-state index < -0.39 is 0 Å². The number of halogens is 2. The second kappa shape index (κ2) is 5.81. The van der Waals surface area contributed by atoms with E-state index in [-0.39, 0.29) is 0 Å². The Morgan fingerprint density at radius 1 is 1.17 bits per heavy atom. The summed E-state index contributed by atoms with van der Waals surface area (Å²) in [5.41, 5.74) is 2.14. The number of aromatic nitrogens is 2. The van der Waals surface area contributed by atoms with Crippen molar-refractivity contribution in [1.82, 2.24) is 9.97 Å². The van der Waals surface area contributed by atoms with E-state index in [9.17, 15) is 0 Å². The topological polar surface area (TPSA) is 25.8 Å². The van der Waals surface area contributed by atoms with Crippen molar-refractivity contribution < 1.29 is 0 Å². The van der Waals surface area contributed by atoms with Crippen LogP contribution in [0, 0.1) is 0 Å². The monoisotopic (exact) mass is 324 g/mol. The van der Waals surface area contributed by atoms with Crippen molar-refractivity contribution in [3.05, 3.63) is 57.0 Å². The van der Waals surface area contributed by atoms with E-state index in [1.54, 1.807) is 0 Å². The molecule has 1 aromatic heterocycles. The zero-order chi connectivity index (χ0) is 13.1. The van der Waals surface area contributed by atoms with Crippen LogP contribution >= 0.6 is 27.5 Å². The molecule has 1 aromatic carbocycles. The first-order chi connectivity index (χ1) is 8.58. The summed E-state index contributed by atoms with van der Waals surface area (Å²) in [6.45, 7) is 4.19. The molecule has 0 amide bonds. The van der Waals surface area contributed by atoms with Crippen LogP contribution in [-0.4, -0.2) is 9.97 Å². The maximum atomic E-state index is 6.13. The van der Waals surface area contributed by atoms with E-state index in [4.69, 9.17) is 11.6 Å². The highest BCUT2D eigenvalue weighted by Gasteiger charge is 2.13. The molecule has 2 aromatic rings. The standard InChI is InChI=1S/C14H14BrClN2/c1-9(2)13-12(15)14(16)18-11(17-13)8-10-6-4-3-5-7-10/h3-7,9H,8H2,1-2H3. The zero-order valence-electron chi connectivity index (χ0n) is 10.3. The first-order valence-electron chi connectivity index (χ1n) is 5.83. The van der Waals surface area contributed by atoms with Crippen molar-refractivity contribution >= 4 is 27.5 Å².